The summed E-state index contributed by atoms with van der Waals surface area (Å²) in [5, 5.41) is 19.7. The maximum atomic E-state index is 15.0. The molecule has 0 spiro atoms. The summed E-state index contributed by atoms with van der Waals surface area (Å²) in [6, 6.07) is 21.7. The van der Waals surface area contributed by atoms with Gasteiger partial charge in [0.05, 0.1) is 16.8 Å². The van der Waals surface area contributed by atoms with Crippen LogP contribution in [-0.4, -0.2) is 9.78 Å². The number of hydrogen-bond donors (Lipinski definition) is 0. The highest BCUT2D eigenvalue weighted by atomic mass is 19.1. The lowest BCUT2D eigenvalue weighted by molar-refractivity contribution is 0.629. The van der Waals surface area contributed by atoms with Crippen LogP contribution in [0.2, 0.25) is 0 Å². The molecule has 0 aliphatic heterocycles. The molecule has 27 heavy (non-hydrogen) atoms. The predicted molar refractivity (Wildman–Crippen MR) is 106 cm³/mol. The van der Waals surface area contributed by atoms with Gasteiger partial charge in [0, 0.05) is 18.6 Å². The van der Waals surface area contributed by atoms with E-state index in [1.165, 1.54) is 6.07 Å². The number of hydrogen-bond acceptors (Lipinski definition) is 2. The molecular formula is C23H14FN3. The Kier molecular flexibility index (Phi) is 3.25. The molecule has 128 valence electrons. The van der Waals surface area contributed by atoms with Crippen LogP contribution in [-0.2, 0) is 7.05 Å². The van der Waals surface area contributed by atoms with Crippen LogP contribution >= 0.6 is 0 Å². The van der Waals surface area contributed by atoms with Crippen molar-refractivity contribution in [3.8, 4) is 17.3 Å². The van der Waals surface area contributed by atoms with Gasteiger partial charge in [0.15, 0.2) is 0 Å². The van der Waals surface area contributed by atoms with Crippen LogP contribution in [0.4, 0.5) is 4.39 Å². The van der Waals surface area contributed by atoms with E-state index in [2.05, 4.69) is 35.4 Å². The zero-order valence-corrected chi connectivity index (χ0v) is 14.6. The van der Waals surface area contributed by atoms with Crippen molar-refractivity contribution in [3.05, 3.63) is 78.2 Å². The normalized spacial score (nSPS) is 11.3. The van der Waals surface area contributed by atoms with Crippen molar-refractivity contribution in [2.75, 3.05) is 0 Å². The highest BCUT2D eigenvalue weighted by molar-refractivity contribution is 6.07. The number of aryl methyl sites for hydroxylation is 1. The quantitative estimate of drug-likeness (QED) is 0.371. The first-order valence-corrected chi connectivity index (χ1v) is 8.63. The van der Waals surface area contributed by atoms with Crippen LogP contribution in [0, 0.1) is 17.1 Å². The number of rotatable bonds is 1. The van der Waals surface area contributed by atoms with E-state index < -0.39 is 5.82 Å². The molecule has 0 N–H and O–H groups in total. The molecule has 4 heteroatoms. The number of nitrogens with zero attached hydrogens (tertiary/aromatic N) is 3. The molecule has 4 aromatic carbocycles. The van der Waals surface area contributed by atoms with Crippen molar-refractivity contribution in [1.29, 1.82) is 5.26 Å². The van der Waals surface area contributed by atoms with Crippen LogP contribution in [0.1, 0.15) is 5.56 Å². The van der Waals surface area contributed by atoms with Gasteiger partial charge >= 0.3 is 0 Å². The summed E-state index contributed by atoms with van der Waals surface area (Å²) in [6.07, 6.45) is 1.60. The Hall–Kier alpha value is -3.71. The van der Waals surface area contributed by atoms with Gasteiger partial charge in [-0.25, -0.2) is 4.39 Å². The number of benzene rings is 4. The largest absolute Gasteiger partial charge is 0.268 e. The summed E-state index contributed by atoms with van der Waals surface area (Å²) in [5.41, 5.74) is 1.22. The minimum absolute atomic E-state index is 0.296. The number of halogens is 1. The molecule has 0 amide bonds. The van der Waals surface area contributed by atoms with Crippen LogP contribution in [0.25, 0.3) is 43.6 Å². The molecule has 1 heterocycles. The first-order valence-electron chi connectivity index (χ1n) is 8.63. The first kappa shape index (κ1) is 15.5. The summed E-state index contributed by atoms with van der Waals surface area (Å²) < 4.78 is 16.6. The van der Waals surface area contributed by atoms with E-state index in [0.717, 1.165) is 32.3 Å². The van der Waals surface area contributed by atoms with E-state index in [9.17, 15) is 9.65 Å². The van der Waals surface area contributed by atoms with E-state index in [4.69, 9.17) is 0 Å². The molecule has 0 atom stereocenters. The SMILES string of the molecule is Cn1nccc1-c1c(F)cc2cc3cc4ccccc4cc3cc2c1C#N. The molecule has 5 rings (SSSR count). The monoisotopic (exact) mass is 351 g/mol. The van der Waals surface area contributed by atoms with Crippen molar-refractivity contribution in [2.45, 2.75) is 0 Å². The molecular weight excluding hydrogens is 337 g/mol. The van der Waals surface area contributed by atoms with E-state index in [1.54, 1.807) is 24.0 Å². The Balaban J connectivity index is 1.91. The fourth-order valence-electron chi connectivity index (χ4n) is 3.79. The lowest BCUT2D eigenvalue weighted by atomic mass is 9.93. The molecule has 0 aliphatic carbocycles. The summed E-state index contributed by atoms with van der Waals surface area (Å²) in [5.74, 6) is -0.414. The molecule has 0 saturated carbocycles. The maximum absolute atomic E-state index is 15.0. The smallest absolute Gasteiger partial charge is 0.134 e. The lowest BCUT2D eigenvalue weighted by Crippen LogP contribution is -1.99. The van der Waals surface area contributed by atoms with Gasteiger partial charge in [0.1, 0.15) is 11.9 Å². The summed E-state index contributed by atoms with van der Waals surface area (Å²) in [6.45, 7) is 0. The Morgan fingerprint density at radius 2 is 1.56 bits per heavy atom. The van der Waals surface area contributed by atoms with Crippen LogP contribution in [0.5, 0.6) is 0 Å². The van der Waals surface area contributed by atoms with E-state index in [-0.39, 0.29) is 0 Å². The molecule has 0 bridgehead atoms. The van der Waals surface area contributed by atoms with Gasteiger partial charge in [0.2, 0.25) is 0 Å². The van der Waals surface area contributed by atoms with Gasteiger partial charge in [-0.2, -0.15) is 10.4 Å². The van der Waals surface area contributed by atoms with Crippen molar-refractivity contribution < 1.29 is 4.39 Å². The number of nitriles is 1. The minimum atomic E-state index is -0.414. The second-order valence-corrected chi connectivity index (χ2v) is 6.68. The Bertz CT molecular complexity index is 1410. The third kappa shape index (κ3) is 2.29. The van der Waals surface area contributed by atoms with Gasteiger partial charge < -0.3 is 0 Å². The predicted octanol–water partition coefficient (Wildman–Crippen LogP) is 5.56. The van der Waals surface area contributed by atoms with Gasteiger partial charge in [-0.3, -0.25) is 4.68 Å². The van der Waals surface area contributed by atoms with Crippen molar-refractivity contribution in [1.82, 2.24) is 9.78 Å². The fraction of sp³-hybridized carbons (Fsp3) is 0.0435. The second-order valence-electron chi connectivity index (χ2n) is 6.68. The minimum Gasteiger partial charge on any atom is -0.268 e. The van der Waals surface area contributed by atoms with Gasteiger partial charge in [-0.15, -0.1) is 0 Å². The standard InChI is InChI=1S/C23H14FN3/c1-27-22(6-7-26-27)23-20(13-25)19-11-17-9-15-5-3-2-4-14(15)8-16(17)10-18(19)12-21(23)24/h2-12H,1H3. The van der Waals surface area contributed by atoms with Crippen molar-refractivity contribution >= 4 is 32.3 Å². The second kappa shape index (κ2) is 5.65. The molecule has 0 saturated heterocycles. The number of fused-ring (bicyclic) bond motifs is 3. The van der Waals surface area contributed by atoms with Gasteiger partial charge in [0.25, 0.3) is 0 Å². The molecule has 0 aliphatic rings. The van der Waals surface area contributed by atoms with E-state index in [1.807, 2.05) is 24.3 Å². The molecule has 1 aromatic heterocycles. The Morgan fingerprint density at radius 3 is 2.19 bits per heavy atom. The topological polar surface area (TPSA) is 41.6 Å². The number of aromatic nitrogens is 2. The molecule has 3 nitrogen and oxygen atoms in total. The maximum Gasteiger partial charge on any atom is 0.134 e. The highest BCUT2D eigenvalue weighted by Crippen LogP contribution is 2.35. The van der Waals surface area contributed by atoms with Crippen molar-refractivity contribution in [2.24, 2.45) is 7.05 Å². The Labute approximate surface area is 154 Å². The first-order chi connectivity index (χ1) is 13.2. The fourth-order valence-corrected chi connectivity index (χ4v) is 3.79. The summed E-state index contributed by atoms with van der Waals surface area (Å²) in [7, 11) is 1.74. The summed E-state index contributed by atoms with van der Waals surface area (Å²) in [4.78, 5) is 0. The van der Waals surface area contributed by atoms with Crippen LogP contribution < -0.4 is 0 Å². The van der Waals surface area contributed by atoms with E-state index in [0.29, 0.717) is 16.8 Å². The van der Waals surface area contributed by atoms with E-state index >= 15 is 0 Å². The Morgan fingerprint density at radius 1 is 0.889 bits per heavy atom. The van der Waals surface area contributed by atoms with Crippen molar-refractivity contribution in [3.63, 3.8) is 0 Å². The molecule has 0 unspecified atom stereocenters. The highest BCUT2D eigenvalue weighted by Gasteiger charge is 2.18. The van der Waals surface area contributed by atoms with Gasteiger partial charge in [-0.1, -0.05) is 24.3 Å². The van der Waals surface area contributed by atoms with Crippen LogP contribution in [0.15, 0.2) is 66.9 Å². The lowest BCUT2D eigenvalue weighted by Gasteiger charge is -2.11. The molecule has 0 fully saturated rings. The zero-order chi connectivity index (χ0) is 18.5. The third-order valence-corrected chi connectivity index (χ3v) is 5.10. The summed E-state index contributed by atoms with van der Waals surface area (Å²) >= 11 is 0. The molecule has 0 radical (unpaired) electrons. The molecule has 5 aromatic rings. The average Bonchev–Trinajstić information content (AvgIpc) is 3.09. The van der Waals surface area contributed by atoms with Crippen LogP contribution in [0.3, 0.4) is 0 Å². The third-order valence-electron chi connectivity index (χ3n) is 5.10. The van der Waals surface area contributed by atoms with Gasteiger partial charge in [-0.05, 0) is 63.3 Å². The average molecular weight is 351 g/mol. The zero-order valence-electron chi connectivity index (χ0n) is 14.6.